The van der Waals surface area contributed by atoms with Gasteiger partial charge in [0.05, 0.1) is 10.7 Å². The Morgan fingerprint density at radius 3 is 2.58 bits per heavy atom. The van der Waals surface area contributed by atoms with Gasteiger partial charge in [0, 0.05) is 46.8 Å². The van der Waals surface area contributed by atoms with Gasteiger partial charge >= 0.3 is 0 Å². The van der Waals surface area contributed by atoms with Gasteiger partial charge in [-0.2, -0.15) is 0 Å². The van der Waals surface area contributed by atoms with Crippen LogP contribution in [0.4, 0.5) is 0 Å². The van der Waals surface area contributed by atoms with Gasteiger partial charge < -0.3 is 10.2 Å². The fraction of sp³-hybridized carbons (Fsp3) is 0.500. The number of carbonyl (C=O) groups excluding carboxylic acids is 1. The highest BCUT2D eigenvalue weighted by molar-refractivity contribution is 7.98. The van der Waals surface area contributed by atoms with Gasteiger partial charge in [0.1, 0.15) is 0 Å². The van der Waals surface area contributed by atoms with Crippen molar-refractivity contribution in [3.05, 3.63) is 45.9 Å². The van der Waals surface area contributed by atoms with Crippen molar-refractivity contribution in [1.82, 2.24) is 15.2 Å². The SMILES string of the molecule is Cc1nc(CSc2ccc(C(=O)N(C)C3CC4CCC(C3)N4)cc2)cs1. The summed E-state index contributed by atoms with van der Waals surface area (Å²) in [6.07, 6.45) is 4.68. The van der Waals surface area contributed by atoms with Crippen molar-refractivity contribution in [3.8, 4) is 0 Å². The zero-order valence-corrected chi connectivity index (χ0v) is 16.9. The molecule has 0 aliphatic carbocycles. The molecule has 2 aliphatic heterocycles. The Morgan fingerprint density at radius 1 is 1.27 bits per heavy atom. The van der Waals surface area contributed by atoms with Crippen LogP contribution in [-0.4, -0.2) is 41.0 Å². The number of nitrogens with one attached hydrogen (secondary N) is 1. The average molecular weight is 388 g/mol. The standard InChI is InChI=1S/C20H25N3OS2/c1-13-21-17(11-25-13)12-26-19-7-3-14(4-8-19)20(24)23(2)18-9-15-5-6-16(10-18)22-15/h3-4,7-8,11,15-16,18,22H,5-6,9-10,12H2,1-2H3. The second-order valence-electron chi connectivity index (χ2n) is 7.35. The number of fused-ring (bicyclic) bond motifs is 2. The molecule has 1 aromatic heterocycles. The van der Waals surface area contributed by atoms with Gasteiger partial charge in [0.25, 0.3) is 5.91 Å². The fourth-order valence-corrected chi connectivity index (χ4v) is 5.55. The van der Waals surface area contributed by atoms with Gasteiger partial charge in [-0.05, 0) is 56.9 Å². The predicted molar refractivity (Wildman–Crippen MR) is 108 cm³/mol. The summed E-state index contributed by atoms with van der Waals surface area (Å²) in [7, 11) is 1.96. The summed E-state index contributed by atoms with van der Waals surface area (Å²) in [5.41, 5.74) is 1.91. The number of rotatable bonds is 5. The minimum absolute atomic E-state index is 0.142. The molecule has 0 saturated carbocycles. The van der Waals surface area contributed by atoms with Gasteiger partial charge in [-0.3, -0.25) is 4.79 Å². The summed E-state index contributed by atoms with van der Waals surface area (Å²) < 4.78 is 0. The smallest absolute Gasteiger partial charge is 0.253 e. The Labute approximate surface area is 163 Å². The van der Waals surface area contributed by atoms with Crippen LogP contribution in [0.3, 0.4) is 0 Å². The number of hydrogen-bond donors (Lipinski definition) is 1. The molecule has 0 spiro atoms. The Kier molecular flexibility index (Phi) is 5.34. The van der Waals surface area contributed by atoms with E-state index in [1.807, 2.05) is 31.0 Å². The number of thioether (sulfide) groups is 1. The number of aromatic nitrogens is 1. The average Bonchev–Trinajstić information content (AvgIpc) is 3.23. The van der Waals surface area contributed by atoms with E-state index in [0.29, 0.717) is 18.1 Å². The number of piperidine rings is 1. The van der Waals surface area contributed by atoms with Crippen LogP contribution in [0.25, 0.3) is 0 Å². The van der Waals surface area contributed by atoms with Crippen LogP contribution in [0.2, 0.25) is 0 Å². The molecule has 2 saturated heterocycles. The summed E-state index contributed by atoms with van der Waals surface area (Å²) in [5.74, 6) is 1.01. The van der Waals surface area contributed by atoms with Crippen molar-refractivity contribution in [2.75, 3.05) is 7.05 Å². The maximum absolute atomic E-state index is 12.9. The Bertz CT molecular complexity index is 762. The lowest BCUT2D eigenvalue weighted by Crippen LogP contribution is -2.48. The van der Waals surface area contributed by atoms with Crippen LogP contribution in [0.1, 0.15) is 46.7 Å². The molecule has 1 N–H and O–H groups in total. The van der Waals surface area contributed by atoms with Crippen LogP contribution >= 0.6 is 23.1 Å². The van der Waals surface area contributed by atoms with E-state index in [4.69, 9.17) is 0 Å². The predicted octanol–water partition coefficient (Wildman–Crippen LogP) is 4.10. The van der Waals surface area contributed by atoms with Crippen molar-refractivity contribution < 1.29 is 4.79 Å². The molecule has 2 unspecified atom stereocenters. The quantitative estimate of drug-likeness (QED) is 0.785. The summed E-state index contributed by atoms with van der Waals surface area (Å²) in [6.45, 7) is 2.03. The lowest BCUT2D eigenvalue weighted by atomic mass is 9.98. The minimum atomic E-state index is 0.142. The summed E-state index contributed by atoms with van der Waals surface area (Å²) in [6, 6.07) is 9.59. The van der Waals surface area contributed by atoms with Crippen molar-refractivity contribution in [2.24, 2.45) is 0 Å². The van der Waals surface area contributed by atoms with Crippen LogP contribution in [-0.2, 0) is 5.75 Å². The molecule has 1 amide bonds. The molecule has 4 nitrogen and oxygen atoms in total. The van der Waals surface area contributed by atoms with Crippen molar-refractivity contribution in [1.29, 1.82) is 0 Å². The van der Waals surface area contributed by atoms with Gasteiger partial charge in [0.15, 0.2) is 0 Å². The molecule has 3 heterocycles. The maximum atomic E-state index is 12.9. The summed E-state index contributed by atoms with van der Waals surface area (Å²) in [5, 5.41) is 6.87. The third-order valence-corrected chi connectivity index (χ3v) is 7.34. The summed E-state index contributed by atoms with van der Waals surface area (Å²) >= 11 is 3.45. The molecule has 0 radical (unpaired) electrons. The number of hydrogen-bond acceptors (Lipinski definition) is 5. The largest absolute Gasteiger partial charge is 0.339 e. The second kappa shape index (κ2) is 7.71. The lowest BCUT2D eigenvalue weighted by molar-refractivity contribution is 0.0681. The zero-order chi connectivity index (χ0) is 18.1. The van der Waals surface area contributed by atoms with Crippen LogP contribution in [0, 0.1) is 6.92 Å². The maximum Gasteiger partial charge on any atom is 0.253 e. The Morgan fingerprint density at radius 2 is 1.96 bits per heavy atom. The van der Waals surface area contributed by atoms with E-state index in [0.717, 1.165) is 34.9 Å². The molecule has 1 aromatic carbocycles. The third kappa shape index (κ3) is 3.97. The van der Waals surface area contributed by atoms with Crippen molar-refractivity contribution >= 4 is 29.0 Å². The van der Waals surface area contributed by atoms with E-state index in [1.165, 1.54) is 17.7 Å². The number of carbonyl (C=O) groups is 1. The van der Waals surface area contributed by atoms with Crippen molar-refractivity contribution in [2.45, 2.75) is 61.4 Å². The molecular formula is C20H25N3OS2. The van der Waals surface area contributed by atoms with Crippen LogP contribution in [0.5, 0.6) is 0 Å². The monoisotopic (exact) mass is 387 g/mol. The van der Waals surface area contributed by atoms with E-state index < -0.39 is 0 Å². The molecule has 2 aliphatic rings. The first-order chi connectivity index (χ1) is 12.6. The molecule has 6 heteroatoms. The van der Waals surface area contributed by atoms with Gasteiger partial charge in [0.2, 0.25) is 0 Å². The molecule has 138 valence electrons. The first kappa shape index (κ1) is 18.0. The highest BCUT2D eigenvalue weighted by Gasteiger charge is 2.36. The Hall–Kier alpha value is -1.37. The zero-order valence-electron chi connectivity index (χ0n) is 15.3. The summed E-state index contributed by atoms with van der Waals surface area (Å²) in [4.78, 5) is 20.5. The molecule has 2 aromatic rings. The Balaban J connectivity index is 1.35. The van der Waals surface area contributed by atoms with E-state index in [2.05, 4.69) is 27.8 Å². The van der Waals surface area contributed by atoms with E-state index in [1.54, 1.807) is 23.1 Å². The fourth-order valence-electron chi connectivity index (χ4n) is 4.04. The molecule has 26 heavy (non-hydrogen) atoms. The highest BCUT2D eigenvalue weighted by Crippen LogP contribution is 2.30. The number of amides is 1. The molecule has 2 bridgehead atoms. The highest BCUT2D eigenvalue weighted by atomic mass is 32.2. The molecule has 4 rings (SSSR count). The van der Waals surface area contributed by atoms with Crippen LogP contribution in [0.15, 0.2) is 34.5 Å². The topological polar surface area (TPSA) is 45.2 Å². The lowest BCUT2D eigenvalue weighted by Gasteiger charge is -2.35. The van der Waals surface area contributed by atoms with Gasteiger partial charge in [-0.1, -0.05) is 0 Å². The van der Waals surface area contributed by atoms with Gasteiger partial charge in [-0.15, -0.1) is 23.1 Å². The molecule has 2 atom stereocenters. The number of benzene rings is 1. The van der Waals surface area contributed by atoms with E-state index in [9.17, 15) is 4.79 Å². The number of nitrogens with zero attached hydrogens (tertiary/aromatic N) is 2. The number of aryl methyl sites for hydroxylation is 1. The first-order valence-corrected chi connectivity index (χ1v) is 11.1. The number of thiazole rings is 1. The third-order valence-electron chi connectivity index (χ3n) is 5.47. The minimum Gasteiger partial charge on any atom is -0.339 e. The molecular weight excluding hydrogens is 362 g/mol. The van der Waals surface area contributed by atoms with E-state index in [-0.39, 0.29) is 5.91 Å². The van der Waals surface area contributed by atoms with Gasteiger partial charge in [-0.25, -0.2) is 4.98 Å². The second-order valence-corrected chi connectivity index (χ2v) is 9.46. The molecule has 2 fully saturated rings. The normalized spacial score (nSPS) is 24.6. The first-order valence-electron chi connectivity index (χ1n) is 9.25. The van der Waals surface area contributed by atoms with Crippen LogP contribution < -0.4 is 5.32 Å². The van der Waals surface area contributed by atoms with Crippen molar-refractivity contribution in [3.63, 3.8) is 0 Å². The van der Waals surface area contributed by atoms with E-state index >= 15 is 0 Å².